The molecule has 0 amide bonds. The molecular formula is C13H15FN2S. The average Bonchev–Trinajstić information content (AvgIpc) is 2.73. The number of hydrogen-bond donors (Lipinski definition) is 1. The van der Waals surface area contributed by atoms with E-state index in [4.69, 9.17) is 10.7 Å². The molecule has 90 valence electrons. The van der Waals surface area contributed by atoms with Crippen molar-refractivity contribution >= 4 is 16.9 Å². The van der Waals surface area contributed by atoms with Crippen LogP contribution in [0.1, 0.15) is 24.8 Å². The molecule has 1 aliphatic carbocycles. The van der Waals surface area contributed by atoms with E-state index in [1.54, 1.807) is 11.8 Å². The Labute approximate surface area is 104 Å². The van der Waals surface area contributed by atoms with Gasteiger partial charge in [-0.25, -0.2) is 4.39 Å². The predicted molar refractivity (Wildman–Crippen MR) is 69.5 cm³/mol. The molecule has 1 aromatic carbocycles. The SMILES string of the molecule is NC1=N[C@@]2(c3ccc(F)cc3)CCC[C@H]2CS1. The van der Waals surface area contributed by atoms with Gasteiger partial charge in [-0.15, -0.1) is 0 Å². The minimum Gasteiger partial charge on any atom is -0.379 e. The summed E-state index contributed by atoms with van der Waals surface area (Å²) in [5.74, 6) is 1.39. The summed E-state index contributed by atoms with van der Waals surface area (Å²) in [7, 11) is 0. The summed E-state index contributed by atoms with van der Waals surface area (Å²) in [5.41, 5.74) is 6.82. The Morgan fingerprint density at radius 1 is 1.35 bits per heavy atom. The molecule has 2 N–H and O–H groups in total. The first-order valence-corrected chi connectivity index (χ1v) is 6.93. The van der Waals surface area contributed by atoms with Crippen molar-refractivity contribution < 1.29 is 4.39 Å². The van der Waals surface area contributed by atoms with E-state index in [0.717, 1.165) is 17.7 Å². The van der Waals surface area contributed by atoms with Gasteiger partial charge in [-0.05, 0) is 36.5 Å². The highest BCUT2D eigenvalue weighted by Gasteiger charge is 2.46. The number of rotatable bonds is 1. The van der Waals surface area contributed by atoms with Gasteiger partial charge in [0.25, 0.3) is 0 Å². The monoisotopic (exact) mass is 250 g/mol. The lowest BCUT2D eigenvalue weighted by atomic mass is 9.82. The number of fused-ring (bicyclic) bond motifs is 1. The first-order chi connectivity index (χ1) is 8.21. The Morgan fingerprint density at radius 2 is 2.12 bits per heavy atom. The van der Waals surface area contributed by atoms with Crippen LogP contribution >= 0.6 is 11.8 Å². The molecule has 0 bridgehead atoms. The summed E-state index contributed by atoms with van der Waals surface area (Å²) in [6.07, 6.45) is 3.41. The Kier molecular flexibility index (Phi) is 2.62. The molecular weight excluding hydrogens is 235 g/mol. The zero-order valence-electron chi connectivity index (χ0n) is 9.53. The van der Waals surface area contributed by atoms with E-state index < -0.39 is 0 Å². The summed E-state index contributed by atoms with van der Waals surface area (Å²) < 4.78 is 13.0. The van der Waals surface area contributed by atoms with Crippen molar-refractivity contribution in [3.05, 3.63) is 35.6 Å². The zero-order valence-corrected chi connectivity index (χ0v) is 10.3. The lowest BCUT2D eigenvalue weighted by Gasteiger charge is -2.35. The molecule has 0 spiro atoms. The lowest BCUT2D eigenvalue weighted by Crippen LogP contribution is -2.36. The zero-order chi connectivity index (χ0) is 11.9. The van der Waals surface area contributed by atoms with Crippen LogP contribution in [-0.4, -0.2) is 10.9 Å². The Morgan fingerprint density at radius 3 is 2.88 bits per heavy atom. The van der Waals surface area contributed by atoms with E-state index in [2.05, 4.69) is 0 Å². The number of thioether (sulfide) groups is 1. The molecule has 2 atom stereocenters. The van der Waals surface area contributed by atoms with Crippen LogP contribution in [0.2, 0.25) is 0 Å². The molecule has 0 saturated heterocycles. The first kappa shape index (κ1) is 11.1. The smallest absolute Gasteiger partial charge is 0.154 e. The van der Waals surface area contributed by atoms with Crippen LogP contribution < -0.4 is 5.73 Å². The Bertz CT molecular complexity index is 457. The molecule has 0 unspecified atom stereocenters. The molecule has 4 heteroatoms. The fourth-order valence-corrected chi connectivity index (χ4v) is 4.07. The van der Waals surface area contributed by atoms with Crippen molar-refractivity contribution in [3.63, 3.8) is 0 Å². The van der Waals surface area contributed by atoms with Crippen molar-refractivity contribution in [2.75, 3.05) is 5.75 Å². The molecule has 2 nitrogen and oxygen atoms in total. The number of amidine groups is 1. The van der Waals surface area contributed by atoms with Crippen molar-refractivity contribution in [1.29, 1.82) is 0 Å². The van der Waals surface area contributed by atoms with Crippen LogP contribution in [0.15, 0.2) is 29.3 Å². The molecule has 2 aliphatic rings. The van der Waals surface area contributed by atoms with Crippen LogP contribution in [0.25, 0.3) is 0 Å². The Balaban J connectivity index is 2.08. The molecule has 1 aromatic rings. The number of benzene rings is 1. The van der Waals surface area contributed by atoms with E-state index >= 15 is 0 Å². The Hall–Kier alpha value is -1.03. The van der Waals surface area contributed by atoms with Gasteiger partial charge in [-0.3, -0.25) is 4.99 Å². The first-order valence-electron chi connectivity index (χ1n) is 5.95. The molecule has 1 heterocycles. The van der Waals surface area contributed by atoms with Crippen molar-refractivity contribution in [2.24, 2.45) is 16.6 Å². The highest BCUT2D eigenvalue weighted by molar-refractivity contribution is 8.13. The lowest BCUT2D eigenvalue weighted by molar-refractivity contribution is 0.355. The molecule has 1 saturated carbocycles. The van der Waals surface area contributed by atoms with E-state index in [1.807, 2.05) is 12.1 Å². The van der Waals surface area contributed by atoms with Crippen molar-refractivity contribution in [3.8, 4) is 0 Å². The summed E-state index contributed by atoms with van der Waals surface area (Å²) in [4.78, 5) is 4.71. The van der Waals surface area contributed by atoms with Gasteiger partial charge in [-0.2, -0.15) is 0 Å². The molecule has 17 heavy (non-hydrogen) atoms. The second-order valence-corrected chi connectivity index (χ2v) is 5.82. The standard InChI is InChI=1S/C13H15FN2S/c14-11-5-3-9(4-6-11)13-7-1-2-10(13)8-17-12(15)16-13/h3-6,10H,1-2,7-8H2,(H2,15,16)/t10-,13+/m0/s1. The molecule has 0 radical (unpaired) electrons. The van der Waals surface area contributed by atoms with Gasteiger partial charge >= 0.3 is 0 Å². The van der Waals surface area contributed by atoms with Crippen LogP contribution in [0.5, 0.6) is 0 Å². The van der Waals surface area contributed by atoms with Gasteiger partial charge in [0.05, 0.1) is 5.54 Å². The maximum Gasteiger partial charge on any atom is 0.154 e. The largest absolute Gasteiger partial charge is 0.379 e. The molecule has 3 rings (SSSR count). The van der Waals surface area contributed by atoms with Crippen molar-refractivity contribution in [2.45, 2.75) is 24.8 Å². The van der Waals surface area contributed by atoms with Crippen molar-refractivity contribution in [1.82, 2.24) is 0 Å². The predicted octanol–water partition coefficient (Wildman–Crippen LogP) is 2.88. The normalized spacial score (nSPS) is 32.1. The number of hydrogen-bond acceptors (Lipinski definition) is 3. The average molecular weight is 250 g/mol. The highest BCUT2D eigenvalue weighted by atomic mass is 32.2. The van der Waals surface area contributed by atoms with Gasteiger partial charge < -0.3 is 5.73 Å². The molecule has 1 fully saturated rings. The van der Waals surface area contributed by atoms with Gasteiger partial charge in [0.2, 0.25) is 0 Å². The van der Waals surface area contributed by atoms with Crippen LogP contribution in [0.3, 0.4) is 0 Å². The number of nitrogens with zero attached hydrogens (tertiary/aromatic N) is 1. The number of halogens is 1. The number of nitrogens with two attached hydrogens (primary N) is 1. The van der Waals surface area contributed by atoms with E-state index in [0.29, 0.717) is 11.1 Å². The maximum absolute atomic E-state index is 13.0. The minimum absolute atomic E-state index is 0.178. The summed E-state index contributed by atoms with van der Waals surface area (Å²) in [5, 5.41) is 0.674. The second-order valence-electron chi connectivity index (χ2n) is 4.78. The third kappa shape index (κ3) is 1.75. The van der Waals surface area contributed by atoms with Gasteiger partial charge in [0, 0.05) is 5.75 Å². The summed E-state index contributed by atoms with van der Waals surface area (Å²) in [6, 6.07) is 6.76. The second kappa shape index (κ2) is 4.02. The minimum atomic E-state index is -0.193. The topological polar surface area (TPSA) is 38.4 Å². The number of aliphatic imine (C=N–C) groups is 1. The maximum atomic E-state index is 13.0. The third-order valence-corrected chi connectivity index (χ3v) is 4.83. The van der Waals surface area contributed by atoms with E-state index in [-0.39, 0.29) is 11.4 Å². The van der Waals surface area contributed by atoms with Gasteiger partial charge in [0.15, 0.2) is 5.17 Å². The fourth-order valence-electron chi connectivity index (χ4n) is 3.03. The fraction of sp³-hybridized carbons (Fsp3) is 0.462. The van der Waals surface area contributed by atoms with Crippen LogP contribution in [0, 0.1) is 11.7 Å². The van der Waals surface area contributed by atoms with Gasteiger partial charge in [0.1, 0.15) is 5.82 Å². The summed E-state index contributed by atoms with van der Waals surface area (Å²) >= 11 is 1.64. The summed E-state index contributed by atoms with van der Waals surface area (Å²) in [6.45, 7) is 0. The quantitative estimate of drug-likeness (QED) is 0.832. The van der Waals surface area contributed by atoms with E-state index in [1.165, 1.54) is 25.0 Å². The van der Waals surface area contributed by atoms with Gasteiger partial charge in [-0.1, -0.05) is 30.3 Å². The highest BCUT2D eigenvalue weighted by Crippen LogP contribution is 2.50. The van der Waals surface area contributed by atoms with Crippen LogP contribution in [-0.2, 0) is 5.54 Å². The third-order valence-electron chi connectivity index (χ3n) is 3.87. The molecule has 0 aromatic heterocycles. The van der Waals surface area contributed by atoms with E-state index in [9.17, 15) is 4.39 Å². The van der Waals surface area contributed by atoms with Crippen LogP contribution in [0.4, 0.5) is 4.39 Å². The molecule has 1 aliphatic heterocycles.